The smallest absolute Gasteiger partial charge is 0.481 e. The van der Waals surface area contributed by atoms with E-state index < -0.39 is 19.9 Å². The Hall–Kier alpha value is -1.25. The molecule has 0 saturated heterocycles. The predicted octanol–water partition coefficient (Wildman–Crippen LogP) is 2.71. The second kappa shape index (κ2) is 7.15. The lowest BCUT2D eigenvalue weighted by molar-refractivity contribution is -0.141. The molecule has 1 rings (SSSR count). The molecule has 2 unspecified atom stereocenters. The molecule has 0 aliphatic heterocycles. The molecule has 0 heterocycles. The molecule has 0 aliphatic carbocycles. The van der Waals surface area contributed by atoms with Crippen molar-refractivity contribution >= 4 is 14.0 Å². The first-order valence-corrected chi connectivity index (χ1v) is 6.75. The highest BCUT2D eigenvalue weighted by molar-refractivity contribution is 7.39. The van der Waals surface area contributed by atoms with Gasteiger partial charge in [0.25, 0.3) is 0 Å². The highest BCUT2D eigenvalue weighted by Crippen LogP contribution is 2.26. The Kier molecular flexibility index (Phi) is 5.81. The van der Waals surface area contributed by atoms with Crippen molar-refractivity contribution in [3.63, 3.8) is 0 Å². The van der Waals surface area contributed by atoms with Gasteiger partial charge in [-0.3, -0.25) is 4.79 Å². The molecule has 1 aromatic rings. The predicted molar refractivity (Wildman–Crippen MR) is 65.4 cm³/mol. The lowest BCUT2D eigenvalue weighted by Gasteiger charge is -2.06. The summed E-state index contributed by atoms with van der Waals surface area (Å²) in [5.74, 6) is -1.53. The van der Waals surface area contributed by atoms with Gasteiger partial charge in [-0.15, -0.1) is 4.52 Å². The summed E-state index contributed by atoms with van der Waals surface area (Å²) in [7, 11) is -0.533. The van der Waals surface area contributed by atoms with Gasteiger partial charge in [0.2, 0.25) is 0 Å². The SMILES string of the molecule is CO[P+](=O)CC(CCc1ccccc1)C(=O)O. The van der Waals surface area contributed by atoms with Crippen LogP contribution in [0.2, 0.25) is 0 Å². The molecule has 92 valence electrons. The van der Waals surface area contributed by atoms with Crippen molar-refractivity contribution in [2.24, 2.45) is 5.92 Å². The Morgan fingerprint density at radius 3 is 2.59 bits per heavy atom. The van der Waals surface area contributed by atoms with E-state index in [0.717, 1.165) is 5.56 Å². The van der Waals surface area contributed by atoms with E-state index in [2.05, 4.69) is 4.52 Å². The van der Waals surface area contributed by atoms with Gasteiger partial charge >= 0.3 is 14.0 Å². The molecule has 17 heavy (non-hydrogen) atoms. The van der Waals surface area contributed by atoms with Crippen LogP contribution in [0, 0.1) is 5.92 Å². The normalized spacial score (nSPS) is 13.1. The Labute approximate surface area is 101 Å². The number of carbonyl (C=O) groups is 1. The van der Waals surface area contributed by atoms with Gasteiger partial charge in [0.15, 0.2) is 6.16 Å². The molecule has 2 atom stereocenters. The third-order valence-corrected chi connectivity index (χ3v) is 3.69. The van der Waals surface area contributed by atoms with Crippen LogP contribution in [0.1, 0.15) is 12.0 Å². The lowest BCUT2D eigenvalue weighted by Crippen LogP contribution is -2.17. The number of benzene rings is 1. The summed E-state index contributed by atoms with van der Waals surface area (Å²) >= 11 is 0. The fourth-order valence-electron chi connectivity index (χ4n) is 1.53. The van der Waals surface area contributed by atoms with Crippen molar-refractivity contribution in [1.82, 2.24) is 0 Å². The minimum atomic E-state index is -1.86. The van der Waals surface area contributed by atoms with Gasteiger partial charge in [-0.25, -0.2) is 0 Å². The molecule has 1 N–H and O–H groups in total. The van der Waals surface area contributed by atoms with Gasteiger partial charge in [-0.05, 0) is 23.0 Å². The van der Waals surface area contributed by atoms with Crippen molar-refractivity contribution in [3.05, 3.63) is 35.9 Å². The Morgan fingerprint density at radius 1 is 1.41 bits per heavy atom. The van der Waals surface area contributed by atoms with E-state index in [4.69, 9.17) is 5.11 Å². The van der Waals surface area contributed by atoms with Crippen LogP contribution in [0.3, 0.4) is 0 Å². The average molecular weight is 255 g/mol. The first kappa shape index (κ1) is 13.8. The van der Waals surface area contributed by atoms with Crippen molar-refractivity contribution in [1.29, 1.82) is 0 Å². The monoisotopic (exact) mass is 255 g/mol. The zero-order valence-corrected chi connectivity index (χ0v) is 10.6. The van der Waals surface area contributed by atoms with Crippen LogP contribution in [-0.2, 0) is 20.3 Å². The highest BCUT2D eigenvalue weighted by atomic mass is 31.1. The second-order valence-corrected chi connectivity index (χ2v) is 5.15. The largest absolute Gasteiger partial charge is 0.508 e. The molecule has 4 nitrogen and oxygen atoms in total. The highest BCUT2D eigenvalue weighted by Gasteiger charge is 2.29. The van der Waals surface area contributed by atoms with Gasteiger partial charge < -0.3 is 5.11 Å². The third-order valence-electron chi connectivity index (χ3n) is 2.55. The summed E-state index contributed by atoms with van der Waals surface area (Å²) in [6, 6.07) is 9.66. The summed E-state index contributed by atoms with van der Waals surface area (Å²) in [6.45, 7) is 0. The minimum Gasteiger partial charge on any atom is -0.481 e. The van der Waals surface area contributed by atoms with Crippen molar-refractivity contribution in [3.8, 4) is 0 Å². The minimum absolute atomic E-state index is 0.0774. The fourth-order valence-corrected chi connectivity index (χ4v) is 2.38. The lowest BCUT2D eigenvalue weighted by atomic mass is 10.0. The summed E-state index contributed by atoms with van der Waals surface area (Å²) in [5, 5.41) is 9.01. The van der Waals surface area contributed by atoms with Crippen LogP contribution >= 0.6 is 8.03 Å². The van der Waals surface area contributed by atoms with Crippen LogP contribution in [0.4, 0.5) is 0 Å². The summed E-state index contributed by atoms with van der Waals surface area (Å²) < 4.78 is 15.8. The number of rotatable bonds is 7. The molecular formula is C12H16O4P+. The van der Waals surface area contributed by atoms with E-state index in [0.29, 0.717) is 12.8 Å². The zero-order valence-electron chi connectivity index (χ0n) is 9.70. The van der Waals surface area contributed by atoms with Gasteiger partial charge in [0.1, 0.15) is 5.92 Å². The molecule has 5 heteroatoms. The Balaban J connectivity index is 2.50. The van der Waals surface area contributed by atoms with Gasteiger partial charge in [-0.1, -0.05) is 30.3 Å². The maximum Gasteiger partial charge on any atom is 0.508 e. The van der Waals surface area contributed by atoms with Gasteiger partial charge in [0, 0.05) is 0 Å². The quantitative estimate of drug-likeness (QED) is 0.761. The number of aliphatic carboxylic acids is 1. The Morgan fingerprint density at radius 2 is 2.06 bits per heavy atom. The molecule has 0 radical (unpaired) electrons. The molecule has 0 aromatic heterocycles. The number of carboxylic acids is 1. The first-order valence-electron chi connectivity index (χ1n) is 5.39. The van der Waals surface area contributed by atoms with Crippen LogP contribution in [0.25, 0.3) is 0 Å². The summed E-state index contributed by atoms with van der Waals surface area (Å²) in [5.41, 5.74) is 1.09. The molecular weight excluding hydrogens is 239 g/mol. The molecule has 0 bridgehead atoms. The standard InChI is InChI=1S/C12H15O4P/c1-16-17(15)9-11(12(13)14)8-7-10-5-3-2-4-6-10/h2-6,11H,7-9H2,1H3/p+1. The Bertz CT molecular complexity index is 377. The number of carboxylic acid groups (broad SMARTS) is 1. The molecule has 1 aromatic carbocycles. The van der Waals surface area contributed by atoms with Crippen LogP contribution in [0.15, 0.2) is 30.3 Å². The number of aryl methyl sites for hydroxylation is 1. The van der Waals surface area contributed by atoms with E-state index in [-0.39, 0.29) is 6.16 Å². The van der Waals surface area contributed by atoms with Gasteiger partial charge in [0.05, 0.1) is 7.11 Å². The zero-order chi connectivity index (χ0) is 12.7. The van der Waals surface area contributed by atoms with Gasteiger partial charge in [-0.2, -0.15) is 0 Å². The fraction of sp³-hybridized carbons (Fsp3) is 0.417. The van der Waals surface area contributed by atoms with E-state index in [1.807, 2.05) is 30.3 Å². The number of hydrogen-bond donors (Lipinski definition) is 1. The maximum atomic E-state index is 11.2. The molecule has 0 saturated carbocycles. The van der Waals surface area contributed by atoms with E-state index in [1.54, 1.807) is 0 Å². The molecule has 0 aliphatic rings. The van der Waals surface area contributed by atoms with E-state index in [9.17, 15) is 9.36 Å². The van der Waals surface area contributed by atoms with Crippen molar-refractivity contribution < 1.29 is 19.0 Å². The maximum absolute atomic E-state index is 11.2. The van der Waals surface area contributed by atoms with Crippen LogP contribution < -0.4 is 0 Å². The first-order chi connectivity index (χ1) is 8.13. The molecule has 0 amide bonds. The second-order valence-electron chi connectivity index (χ2n) is 3.76. The van der Waals surface area contributed by atoms with E-state index in [1.165, 1.54) is 7.11 Å². The van der Waals surface area contributed by atoms with Crippen LogP contribution in [0.5, 0.6) is 0 Å². The average Bonchev–Trinajstić information content (AvgIpc) is 2.35. The van der Waals surface area contributed by atoms with Crippen LogP contribution in [-0.4, -0.2) is 24.3 Å². The molecule has 0 fully saturated rings. The van der Waals surface area contributed by atoms with Crippen molar-refractivity contribution in [2.45, 2.75) is 12.8 Å². The van der Waals surface area contributed by atoms with E-state index >= 15 is 0 Å². The van der Waals surface area contributed by atoms with Crippen molar-refractivity contribution in [2.75, 3.05) is 13.3 Å². The summed E-state index contributed by atoms with van der Waals surface area (Å²) in [4.78, 5) is 11.0. The molecule has 0 spiro atoms. The third kappa shape index (κ3) is 5.07. The topological polar surface area (TPSA) is 63.6 Å². The summed E-state index contributed by atoms with van der Waals surface area (Å²) in [6.07, 6.45) is 1.22. The number of hydrogen-bond acceptors (Lipinski definition) is 3.